The highest BCUT2D eigenvalue weighted by Gasteiger charge is 1.97. The smallest absolute Gasteiger partial charge is 0.244 e. The Hall–Kier alpha value is -1.77. The molecular weight excluding hydrogens is 272 g/mol. The zero-order valence-electron chi connectivity index (χ0n) is 13.8. The predicted molar refractivity (Wildman–Crippen MR) is 95.5 cm³/mol. The van der Waals surface area contributed by atoms with Crippen LogP contribution in [0.5, 0.6) is 0 Å². The van der Waals surface area contributed by atoms with Crippen molar-refractivity contribution in [2.45, 2.75) is 58.3 Å². The van der Waals surface area contributed by atoms with Gasteiger partial charge in [-0.1, -0.05) is 70.1 Å². The van der Waals surface area contributed by atoms with Crippen LogP contribution in [-0.4, -0.2) is 12.5 Å². The summed E-state index contributed by atoms with van der Waals surface area (Å²) in [4.78, 5) is 11.7. The van der Waals surface area contributed by atoms with Gasteiger partial charge in [-0.2, -0.15) is 0 Å². The highest BCUT2D eigenvalue weighted by molar-refractivity contribution is 5.92. The molecule has 1 aromatic rings. The Morgan fingerprint density at radius 2 is 1.68 bits per heavy atom. The molecule has 0 aliphatic heterocycles. The lowest BCUT2D eigenvalue weighted by Gasteiger charge is -2.03. The van der Waals surface area contributed by atoms with Crippen LogP contribution in [0.25, 0.3) is 6.08 Å². The molecule has 0 radical (unpaired) electrons. The minimum Gasteiger partial charge on any atom is -0.398 e. The van der Waals surface area contributed by atoms with Gasteiger partial charge in [0.15, 0.2) is 0 Å². The van der Waals surface area contributed by atoms with Crippen LogP contribution >= 0.6 is 0 Å². The Balaban J connectivity index is 2.05. The second-order valence-electron chi connectivity index (χ2n) is 5.73. The number of hydrogen-bond donors (Lipinski definition) is 2. The van der Waals surface area contributed by atoms with Crippen LogP contribution < -0.4 is 11.1 Å². The summed E-state index contributed by atoms with van der Waals surface area (Å²) in [5.74, 6) is -0.0498. The van der Waals surface area contributed by atoms with Gasteiger partial charge in [0.25, 0.3) is 0 Å². The van der Waals surface area contributed by atoms with E-state index in [4.69, 9.17) is 5.73 Å². The van der Waals surface area contributed by atoms with E-state index in [1.807, 2.05) is 24.3 Å². The first-order valence-corrected chi connectivity index (χ1v) is 8.54. The summed E-state index contributed by atoms with van der Waals surface area (Å²) in [5, 5.41) is 2.92. The largest absolute Gasteiger partial charge is 0.398 e. The van der Waals surface area contributed by atoms with Gasteiger partial charge in [-0.25, -0.2) is 0 Å². The van der Waals surface area contributed by atoms with Gasteiger partial charge in [0.1, 0.15) is 0 Å². The number of hydrogen-bond acceptors (Lipinski definition) is 2. The highest BCUT2D eigenvalue weighted by Crippen LogP contribution is 2.12. The number of nitrogens with two attached hydrogens (primary N) is 1. The molecule has 0 fully saturated rings. The van der Waals surface area contributed by atoms with Crippen molar-refractivity contribution in [2.24, 2.45) is 0 Å². The molecule has 122 valence electrons. The van der Waals surface area contributed by atoms with Crippen molar-refractivity contribution in [3.63, 3.8) is 0 Å². The Morgan fingerprint density at radius 3 is 2.36 bits per heavy atom. The summed E-state index contributed by atoms with van der Waals surface area (Å²) in [6.07, 6.45) is 13.5. The average molecular weight is 302 g/mol. The van der Waals surface area contributed by atoms with Gasteiger partial charge in [-0.3, -0.25) is 4.79 Å². The van der Waals surface area contributed by atoms with Crippen molar-refractivity contribution >= 4 is 17.7 Å². The molecule has 22 heavy (non-hydrogen) atoms. The topological polar surface area (TPSA) is 55.1 Å². The third-order valence-corrected chi connectivity index (χ3v) is 3.74. The summed E-state index contributed by atoms with van der Waals surface area (Å²) in [5.41, 5.74) is 7.39. The van der Waals surface area contributed by atoms with Crippen molar-refractivity contribution in [1.82, 2.24) is 5.32 Å². The average Bonchev–Trinajstić information content (AvgIpc) is 2.52. The van der Waals surface area contributed by atoms with Gasteiger partial charge < -0.3 is 11.1 Å². The molecule has 3 heteroatoms. The molecule has 3 N–H and O–H groups in total. The van der Waals surface area contributed by atoms with E-state index in [2.05, 4.69) is 12.2 Å². The fraction of sp³-hybridized carbons (Fsp3) is 0.526. The Labute approximate surface area is 135 Å². The molecule has 0 atom stereocenters. The monoisotopic (exact) mass is 302 g/mol. The van der Waals surface area contributed by atoms with Crippen LogP contribution in [-0.2, 0) is 4.79 Å². The second kappa shape index (κ2) is 11.8. The molecule has 0 aliphatic carbocycles. The number of para-hydroxylation sites is 1. The SMILES string of the molecule is CCCCCCCCCCNC(=O)C=Cc1ccccc1N. The standard InChI is InChI=1S/C19H30N2O/c1-2-3-4-5-6-7-8-11-16-21-19(22)15-14-17-12-9-10-13-18(17)20/h9-10,12-15H,2-8,11,16,20H2,1H3,(H,21,22). The lowest BCUT2D eigenvalue weighted by molar-refractivity contribution is -0.116. The molecule has 0 spiro atoms. The zero-order chi connectivity index (χ0) is 16.0. The number of nitrogens with one attached hydrogen (secondary N) is 1. The van der Waals surface area contributed by atoms with Crippen LogP contribution in [0.2, 0.25) is 0 Å². The number of rotatable bonds is 11. The minimum absolute atomic E-state index is 0.0498. The Kier molecular flexibility index (Phi) is 9.84. The van der Waals surface area contributed by atoms with Crippen molar-refractivity contribution in [3.8, 4) is 0 Å². The van der Waals surface area contributed by atoms with Crippen molar-refractivity contribution in [3.05, 3.63) is 35.9 Å². The number of unbranched alkanes of at least 4 members (excludes halogenated alkanes) is 7. The summed E-state index contributed by atoms with van der Waals surface area (Å²) < 4.78 is 0. The molecule has 0 heterocycles. The van der Waals surface area contributed by atoms with E-state index in [0.29, 0.717) is 5.69 Å². The molecule has 3 nitrogen and oxygen atoms in total. The summed E-state index contributed by atoms with van der Waals surface area (Å²) in [7, 11) is 0. The maximum Gasteiger partial charge on any atom is 0.244 e. The Bertz CT molecular complexity index is 455. The normalized spacial score (nSPS) is 11.0. The predicted octanol–water partition coefficient (Wildman–Crippen LogP) is 4.54. The molecule has 1 rings (SSSR count). The summed E-state index contributed by atoms with van der Waals surface area (Å²) >= 11 is 0. The second-order valence-corrected chi connectivity index (χ2v) is 5.73. The van der Waals surface area contributed by atoms with Crippen molar-refractivity contribution < 1.29 is 4.79 Å². The molecule has 0 saturated carbocycles. The van der Waals surface area contributed by atoms with E-state index in [1.54, 1.807) is 12.2 Å². The third kappa shape index (κ3) is 8.50. The fourth-order valence-corrected chi connectivity index (χ4v) is 2.36. The van der Waals surface area contributed by atoms with E-state index in [1.165, 1.54) is 44.9 Å². The van der Waals surface area contributed by atoms with Crippen LogP contribution in [0.4, 0.5) is 5.69 Å². The zero-order valence-corrected chi connectivity index (χ0v) is 13.8. The van der Waals surface area contributed by atoms with E-state index in [9.17, 15) is 4.79 Å². The maximum atomic E-state index is 11.7. The van der Waals surface area contributed by atoms with E-state index >= 15 is 0 Å². The quantitative estimate of drug-likeness (QED) is 0.358. The van der Waals surface area contributed by atoms with E-state index in [0.717, 1.165) is 18.5 Å². The number of amides is 1. The molecule has 0 saturated heterocycles. The number of nitrogen functional groups attached to an aromatic ring is 1. The molecule has 0 aromatic heterocycles. The molecule has 0 bridgehead atoms. The van der Waals surface area contributed by atoms with Gasteiger partial charge in [0.2, 0.25) is 5.91 Å². The summed E-state index contributed by atoms with van der Waals surface area (Å²) in [6, 6.07) is 7.53. The molecule has 1 amide bonds. The van der Waals surface area contributed by atoms with E-state index < -0.39 is 0 Å². The molecular formula is C19H30N2O. The number of carbonyl (C=O) groups excluding carboxylic acids is 1. The molecule has 0 aliphatic rings. The number of anilines is 1. The lowest BCUT2D eigenvalue weighted by atomic mass is 10.1. The fourth-order valence-electron chi connectivity index (χ4n) is 2.36. The van der Waals surface area contributed by atoms with Gasteiger partial charge in [-0.05, 0) is 24.1 Å². The molecule has 1 aromatic carbocycles. The molecule has 0 unspecified atom stereocenters. The lowest BCUT2D eigenvalue weighted by Crippen LogP contribution is -2.21. The van der Waals surface area contributed by atoms with Crippen LogP contribution in [0.1, 0.15) is 63.9 Å². The van der Waals surface area contributed by atoms with Crippen molar-refractivity contribution in [2.75, 3.05) is 12.3 Å². The van der Waals surface area contributed by atoms with Gasteiger partial charge >= 0.3 is 0 Å². The first kappa shape index (κ1) is 18.3. The third-order valence-electron chi connectivity index (χ3n) is 3.74. The Morgan fingerprint density at radius 1 is 1.05 bits per heavy atom. The maximum absolute atomic E-state index is 11.7. The van der Waals surface area contributed by atoms with E-state index in [-0.39, 0.29) is 5.91 Å². The van der Waals surface area contributed by atoms with Gasteiger partial charge in [0.05, 0.1) is 0 Å². The minimum atomic E-state index is -0.0498. The van der Waals surface area contributed by atoms with Crippen LogP contribution in [0.15, 0.2) is 30.3 Å². The number of benzene rings is 1. The van der Waals surface area contributed by atoms with Gasteiger partial charge in [-0.15, -0.1) is 0 Å². The van der Waals surface area contributed by atoms with Gasteiger partial charge in [0, 0.05) is 18.3 Å². The van der Waals surface area contributed by atoms with Crippen LogP contribution in [0.3, 0.4) is 0 Å². The van der Waals surface area contributed by atoms with Crippen LogP contribution in [0, 0.1) is 0 Å². The first-order valence-electron chi connectivity index (χ1n) is 8.54. The first-order chi connectivity index (χ1) is 10.7. The highest BCUT2D eigenvalue weighted by atomic mass is 16.1. The van der Waals surface area contributed by atoms with Crippen molar-refractivity contribution in [1.29, 1.82) is 0 Å². The number of carbonyl (C=O) groups is 1. The summed E-state index contributed by atoms with van der Waals surface area (Å²) in [6.45, 7) is 2.99.